The van der Waals surface area contributed by atoms with Crippen molar-refractivity contribution < 1.29 is 4.74 Å². The van der Waals surface area contributed by atoms with Crippen molar-refractivity contribution in [3.63, 3.8) is 0 Å². The summed E-state index contributed by atoms with van der Waals surface area (Å²) in [6.45, 7) is 4.26. The number of methoxy groups -OCH3 is 1. The zero-order valence-electron chi connectivity index (χ0n) is 12.4. The van der Waals surface area contributed by atoms with Crippen LogP contribution in [0.15, 0.2) is 47.5 Å². The monoisotopic (exact) mass is 283 g/mol. The minimum atomic E-state index is 0.733. The summed E-state index contributed by atoms with van der Waals surface area (Å²) in [7, 11) is 1.73. The summed E-state index contributed by atoms with van der Waals surface area (Å²) in [5.74, 6) is 0.986. The van der Waals surface area contributed by atoms with Gasteiger partial charge in [-0.25, -0.2) is 0 Å². The summed E-state index contributed by atoms with van der Waals surface area (Å²) in [4.78, 5) is 6.76. The number of hydrogen-bond donors (Lipinski definition) is 1. The summed E-state index contributed by atoms with van der Waals surface area (Å²) in [5.41, 5.74) is 1.27. The minimum absolute atomic E-state index is 0.733. The van der Waals surface area contributed by atoms with Gasteiger partial charge in [0.25, 0.3) is 0 Å². The SMILES string of the molecule is COCCN1CCN=C1NCc1ccc2ccccc2c1. The largest absolute Gasteiger partial charge is 0.383 e. The number of nitrogens with zero attached hydrogens (tertiary/aromatic N) is 2. The van der Waals surface area contributed by atoms with Crippen LogP contribution in [0, 0.1) is 0 Å². The highest BCUT2D eigenvalue weighted by atomic mass is 16.5. The Bertz CT molecular complexity index is 639. The maximum absolute atomic E-state index is 5.14. The van der Waals surface area contributed by atoms with E-state index in [-0.39, 0.29) is 0 Å². The molecule has 0 atom stereocenters. The van der Waals surface area contributed by atoms with Gasteiger partial charge in [0.1, 0.15) is 0 Å². The predicted octanol–water partition coefficient (Wildman–Crippen LogP) is 2.25. The van der Waals surface area contributed by atoms with E-state index >= 15 is 0 Å². The number of benzene rings is 2. The molecule has 2 aromatic carbocycles. The van der Waals surface area contributed by atoms with E-state index in [1.807, 2.05) is 0 Å². The number of nitrogens with one attached hydrogen (secondary N) is 1. The Morgan fingerprint density at radius 2 is 2.05 bits per heavy atom. The normalized spacial score (nSPS) is 14.5. The van der Waals surface area contributed by atoms with Gasteiger partial charge in [0.2, 0.25) is 0 Å². The molecular formula is C17H21N3O. The fourth-order valence-electron chi connectivity index (χ4n) is 2.60. The van der Waals surface area contributed by atoms with Crippen LogP contribution in [0.1, 0.15) is 5.56 Å². The molecule has 0 fully saturated rings. The molecule has 0 bridgehead atoms. The van der Waals surface area contributed by atoms with Crippen LogP contribution in [0.4, 0.5) is 0 Å². The maximum atomic E-state index is 5.14. The summed E-state index contributed by atoms with van der Waals surface area (Å²) >= 11 is 0. The van der Waals surface area contributed by atoms with Gasteiger partial charge in [-0.05, 0) is 22.4 Å². The second kappa shape index (κ2) is 6.59. The van der Waals surface area contributed by atoms with E-state index in [1.54, 1.807) is 7.11 Å². The zero-order chi connectivity index (χ0) is 14.5. The average Bonchev–Trinajstić information content (AvgIpc) is 2.98. The second-order valence-electron chi connectivity index (χ2n) is 5.22. The molecule has 0 aliphatic carbocycles. The summed E-state index contributed by atoms with van der Waals surface area (Å²) in [6.07, 6.45) is 0. The first-order valence-electron chi connectivity index (χ1n) is 7.37. The molecule has 3 rings (SSSR count). The molecule has 0 saturated heterocycles. The Kier molecular flexibility index (Phi) is 4.36. The van der Waals surface area contributed by atoms with Crippen LogP contribution in [0.3, 0.4) is 0 Å². The van der Waals surface area contributed by atoms with Crippen molar-refractivity contribution in [3.05, 3.63) is 48.0 Å². The van der Waals surface area contributed by atoms with Gasteiger partial charge >= 0.3 is 0 Å². The molecule has 21 heavy (non-hydrogen) atoms. The number of fused-ring (bicyclic) bond motifs is 1. The van der Waals surface area contributed by atoms with Gasteiger partial charge < -0.3 is 15.0 Å². The fourth-order valence-corrected chi connectivity index (χ4v) is 2.60. The van der Waals surface area contributed by atoms with Crippen molar-refractivity contribution >= 4 is 16.7 Å². The lowest BCUT2D eigenvalue weighted by molar-refractivity contribution is 0.178. The smallest absolute Gasteiger partial charge is 0.194 e. The van der Waals surface area contributed by atoms with Crippen LogP contribution in [0.2, 0.25) is 0 Å². The molecule has 0 saturated carbocycles. The van der Waals surface area contributed by atoms with Crippen molar-refractivity contribution in [2.45, 2.75) is 6.54 Å². The van der Waals surface area contributed by atoms with Crippen LogP contribution in [-0.4, -0.2) is 44.2 Å². The molecule has 1 N–H and O–H groups in total. The third kappa shape index (κ3) is 3.34. The molecule has 1 aliphatic heterocycles. The van der Waals surface area contributed by atoms with E-state index < -0.39 is 0 Å². The van der Waals surface area contributed by atoms with Crippen molar-refractivity contribution in [3.8, 4) is 0 Å². The Morgan fingerprint density at radius 1 is 1.19 bits per heavy atom. The van der Waals surface area contributed by atoms with Gasteiger partial charge in [0.05, 0.1) is 13.2 Å². The van der Waals surface area contributed by atoms with E-state index in [4.69, 9.17) is 4.74 Å². The first-order chi connectivity index (χ1) is 10.4. The first kappa shape index (κ1) is 13.9. The van der Waals surface area contributed by atoms with Crippen LogP contribution in [-0.2, 0) is 11.3 Å². The highest BCUT2D eigenvalue weighted by molar-refractivity contribution is 5.84. The zero-order valence-corrected chi connectivity index (χ0v) is 12.4. The molecule has 0 unspecified atom stereocenters. The van der Waals surface area contributed by atoms with Crippen LogP contribution in [0.5, 0.6) is 0 Å². The van der Waals surface area contributed by atoms with Gasteiger partial charge in [-0.15, -0.1) is 0 Å². The van der Waals surface area contributed by atoms with Gasteiger partial charge in [-0.3, -0.25) is 4.99 Å². The number of hydrogen-bond acceptors (Lipinski definition) is 4. The molecule has 0 amide bonds. The van der Waals surface area contributed by atoms with E-state index in [2.05, 4.69) is 57.7 Å². The van der Waals surface area contributed by atoms with E-state index in [1.165, 1.54) is 16.3 Å². The molecule has 0 radical (unpaired) electrons. The van der Waals surface area contributed by atoms with Crippen molar-refractivity contribution in [2.24, 2.45) is 4.99 Å². The van der Waals surface area contributed by atoms with Crippen molar-refractivity contribution in [1.29, 1.82) is 0 Å². The first-order valence-corrected chi connectivity index (χ1v) is 7.37. The van der Waals surface area contributed by atoms with Gasteiger partial charge in [-0.2, -0.15) is 0 Å². The lowest BCUT2D eigenvalue weighted by Crippen LogP contribution is -2.39. The number of aliphatic imine (C=N–C) groups is 1. The second-order valence-corrected chi connectivity index (χ2v) is 5.22. The van der Waals surface area contributed by atoms with Gasteiger partial charge in [0, 0.05) is 26.7 Å². The van der Waals surface area contributed by atoms with Crippen LogP contribution < -0.4 is 5.32 Å². The molecule has 4 nitrogen and oxygen atoms in total. The Hall–Kier alpha value is -2.07. The molecule has 2 aromatic rings. The molecule has 0 spiro atoms. The molecule has 0 aromatic heterocycles. The molecule has 1 heterocycles. The van der Waals surface area contributed by atoms with E-state index in [0.717, 1.165) is 38.7 Å². The van der Waals surface area contributed by atoms with Crippen molar-refractivity contribution in [2.75, 3.05) is 33.4 Å². The number of ether oxygens (including phenoxy) is 1. The van der Waals surface area contributed by atoms with Gasteiger partial charge in [0.15, 0.2) is 5.96 Å². The topological polar surface area (TPSA) is 36.9 Å². The number of rotatable bonds is 5. The van der Waals surface area contributed by atoms with Crippen molar-refractivity contribution in [1.82, 2.24) is 10.2 Å². The standard InChI is InChI=1S/C17H21N3O/c1-21-11-10-20-9-8-18-17(20)19-13-14-6-7-15-4-2-3-5-16(15)12-14/h2-7,12H,8-11,13H2,1H3,(H,18,19). The quantitative estimate of drug-likeness (QED) is 0.914. The predicted molar refractivity (Wildman–Crippen MR) is 86.5 cm³/mol. The summed E-state index contributed by atoms with van der Waals surface area (Å²) in [6, 6.07) is 15.0. The lowest BCUT2D eigenvalue weighted by atomic mass is 10.1. The highest BCUT2D eigenvalue weighted by Gasteiger charge is 2.15. The van der Waals surface area contributed by atoms with Gasteiger partial charge in [-0.1, -0.05) is 36.4 Å². The summed E-state index contributed by atoms with van der Waals surface area (Å²) in [5, 5.41) is 6.00. The van der Waals surface area contributed by atoms with E-state index in [9.17, 15) is 0 Å². The average molecular weight is 283 g/mol. The van der Waals surface area contributed by atoms with E-state index in [0.29, 0.717) is 0 Å². The Balaban J connectivity index is 1.63. The molecule has 110 valence electrons. The lowest BCUT2D eigenvalue weighted by Gasteiger charge is -2.20. The molecule has 4 heteroatoms. The Labute approximate surface area is 125 Å². The van der Waals surface area contributed by atoms with Crippen LogP contribution >= 0.6 is 0 Å². The third-order valence-electron chi connectivity index (χ3n) is 3.76. The minimum Gasteiger partial charge on any atom is -0.383 e. The maximum Gasteiger partial charge on any atom is 0.194 e. The fraction of sp³-hybridized carbons (Fsp3) is 0.353. The summed E-state index contributed by atoms with van der Waals surface area (Å²) < 4.78 is 5.14. The third-order valence-corrected chi connectivity index (χ3v) is 3.76. The molecule has 1 aliphatic rings. The molecular weight excluding hydrogens is 262 g/mol. The number of guanidine groups is 1. The highest BCUT2D eigenvalue weighted by Crippen LogP contribution is 2.15. The van der Waals surface area contributed by atoms with Crippen LogP contribution in [0.25, 0.3) is 10.8 Å². The Morgan fingerprint density at radius 3 is 2.90 bits per heavy atom.